The van der Waals surface area contributed by atoms with E-state index in [9.17, 15) is 9.18 Å². The minimum Gasteiger partial charge on any atom is -0.480 e. The van der Waals surface area contributed by atoms with E-state index in [4.69, 9.17) is 10.8 Å². The average molecular weight is 331 g/mol. The van der Waals surface area contributed by atoms with Crippen LogP contribution in [0.2, 0.25) is 0 Å². The molecule has 0 aliphatic rings. The number of aryl methyl sites for hydroxylation is 1. The predicted molar refractivity (Wildman–Crippen MR) is 86.4 cm³/mol. The normalized spacial score (nSPS) is 12.6. The lowest BCUT2D eigenvalue weighted by Crippen LogP contribution is -2.32. The molecule has 0 fully saturated rings. The summed E-state index contributed by atoms with van der Waals surface area (Å²) in [5.74, 6) is -1.03. The van der Waals surface area contributed by atoms with Crippen LogP contribution in [0.25, 0.3) is 10.9 Å². The van der Waals surface area contributed by atoms with Gasteiger partial charge in [0.05, 0.1) is 19.3 Å². The fourth-order valence-corrected chi connectivity index (χ4v) is 2.72. The van der Waals surface area contributed by atoms with Crippen LogP contribution < -0.4 is 5.73 Å². The van der Waals surface area contributed by atoms with Gasteiger partial charge in [0.25, 0.3) is 0 Å². The van der Waals surface area contributed by atoms with Crippen LogP contribution in [0.3, 0.4) is 0 Å². The van der Waals surface area contributed by atoms with Crippen LogP contribution in [0.1, 0.15) is 11.3 Å². The number of fused-ring (bicyclic) bond motifs is 1. The molecule has 0 saturated carbocycles. The summed E-state index contributed by atoms with van der Waals surface area (Å²) in [6, 6.07) is 6.77. The maximum atomic E-state index is 12.4. The third-order valence-corrected chi connectivity index (χ3v) is 3.86. The zero-order valence-corrected chi connectivity index (χ0v) is 13.0. The van der Waals surface area contributed by atoms with Crippen molar-refractivity contribution in [1.29, 1.82) is 0 Å². The molecule has 1 aromatic carbocycles. The Morgan fingerprint density at radius 3 is 2.88 bits per heavy atom. The van der Waals surface area contributed by atoms with Crippen molar-refractivity contribution in [2.24, 2.45) is 5.73 Å². The molecule has 0 spiro atoms. The quantitative estimate of drug-likeness (QED) is 0.678. The van der Waals surface area contributed by atoms with Crippen molar-refractivity contribution in [3.63, 3.8) is 0 Å². The van der Waals surface area contributed by atoms with Crippen LogP contribution in [0.15, 0.2) is 36.7 Å². The van der Waals surface area contributed by atoms with Crippen LogP contribution in [-0.2, 0) is 24.3 Å². The number of nitrogens with zero attached hydrogens (tertiary/aromatic N) is 4. The van der Waals surface area contributed by atoms with Gasteiger partial charge in [0.1, 0.15) is 18.4 Å². The molecule has 1 atom stereocenters. The van der Waals surface area contributed by atoms with E-state index < -0.39 is 18.7 Å². The van der Waals surface area contributed by atoms with E-state index in [0.717, 1.165) is 16.5 Å². The van der Waals surface area contributed by atoms with Crippen LogP contribution in [0.5, 0.6) is 0 Å². The van der Waals surface area contributed by atoms with Crippen LogP contribution in [0.4, 0.5) is 4.39 Å². The molecule has 7 nitrogen and oxygen atoms in total. The lowest BCUT2D eigenvalue weighted by Gasteiger charge is -2.04. The monoisotopic (exact) mass is 331 g/mol. The number of benzene rings is 1. The number of carboxylic acid groups (broad SMARTS) is 1. The Morgan fingerprint density at radius 1 is 1.33 bits per heavy atom. The molecule has 126 valence electrons. The van der Waals surface area contributed by atoms with E-state index >= 15 is 0 Å². The molecule has 2 heterocycles. The van der Waals surface area contributed by atoms with E-state index in [0.29, 0.717) is 12.2 Å². The van der Waals surface area contributed by atoms with Gasteiger partial charge in [-0.05, 0) is 11.6 Å². The molecule has 0 aliphatic heterocycles. The van der Waals surface area contributed by atoms with Crippen LogP contribution >= 0.6 is 0 Å². The van der Waals surface area contributed by atoms with Gasteiger partial charge in [0.2, 0.25) is 0 Å². The SMILES string of the molecule is N[C@@H](Cc1cn(Cc2cn(CCF)nn2)c2ccccc12)C(=O)O. The first-order valence-electron chi connectivity index (χ1n) is 7.58. The number of aromatic nitrogens is 4. The minimum atomic E-state index is -1.03. The van der Waals surface area contributed by atoms with Crippen molar-refractivity contribution in [1.82, 2.24) is 19.6 Å². The fraction of sp³-hybridized carbons (Fsp3) is 0.312. The summed E-state index contributed by atoms with van der Waals surface area (Å²) in [6.45, 7) is 0.153. The molecule has 0 unspecified atom stereocenters. The molecule has 0 radical (unpaired) electrons. The predicted octanol–water partition coefficient (Wildman–Crippen LogP) is 1.20. The molecule has 8 heteroatoms. The summed E-state index contributed by atoms with van der Waals surface area (Å²) < 4.78 is 15.8. The molecule has 2 aromatic heterocycles. The first kappa shape index (κ1) is 16.1. The fourth-order valence-electron chi connectivity index (χ4n) is 2.72. The zero-order valence-electron chi connectivity index (χ0n) is 13.0. The van der Waals surface area contributed by atoms with Crippen LogP contribution in [-0.4, -0.2) is 43.4 Å². The lowest BCUT2D eigenvalue weighted by atomic mass is 10.1. The molecule has 0 amide bonds. The zero-order chi connectivity index (χ0) is 17.1. The molecule has 3 aromatic rings. The largest absolute Gasteiger partial charge is 0.480 e. The first-order chi connectivity index (χ1) is 11.6. The van der Waals surface area contributed by atoms with E-state index in [1.54, 1.807) is 6.20 Å². The Balaban J connectivity index is 1.91. The van der Waals surface area contributed by atoms with Crippen molar-refractivity contribution in [3.05, 3.63) is 47.9 Å². The summed E-state index contributed by atoms with van der Waals surface area (Å²) in [5, 5.41) is 17.9. The highest BCUT2D eigenvalue weighted by atomic mass is 19.1. The second-order valence-corrected chi connectivity index (χ2v) is 5.61. The molecular weight excluding hydrogens is 313 g/mol. The summed E-state index contributed by atoms with van der Waals surface area (Å²) in [7, 11) is 0. The Morgan fingerprint density at radius 2 is 2.12 bits per heavy atom. The summed E-state index contributed by atoms with van der Waals surface area (Å²) in [6.07, 6.45) is 3.84. The van der Waals surface area contributed by atoms with E-state index in [2.05, 4.69) is 10.3 Å². The van der Waals surface area contributed by atoms with E-state index in [1.165, 1.54) is 4.68 Å². The topological polar surface area (TPSA) is 99.0 Å². The third-order valence-electron chi connectivity index (χ3n) is 3.86. The lowest BCUT2D eigenvalue weighted by molar-refractivity contribution is -0.138. The van der Waals surface area contributed by atoms with Gasteiger partial charge >= 0.3 is 5.97 Å². The number of aliphatic carboxylic acids is 1. The number of carbonyl (C=O) groups is 1. The number of hydrogen-bond acceptors (Lipinski definition) is 4. The van der Waals surface area contributed by atoms with Gasteiger partial charge in [0, 0.05) is 23.5 Å². The third kappa shape index (κ3) is 3.28. The molecule has 24 heavy (non-hydrogen) atoms. The molecule has 0 saturated heterocycles. The van der Waals surface area contributed by atoms with Crippen molar-refractivity contribution in [3.8, 4) is 0 Å². The summed E-state index contributed by atoms with van der Waals surface area (Å²) in [4.78, 5) is 11.0. The van der Waals surface area contributed by atoms with Gasteiger partial charge in [-0.25, -0.2) is 9.07 Å². The van der Waals surface area contributed by atoms with Gasteiger partial charge < -0.3 is 15.4 Å². The maximum Gasteiger partial charge on any atom is 0.320 e. The Labute approximate surface area is 137 Å². The van der Waals surface area contributed by atoms with Crippen LogP contribution in [0, 0.1) is 0 Å². The van der Waals surface area contributed by atoms with Gasteiger partial charge in [-0.3, -0.25) is 4.79 Å². The Hall–Kier alpha value is -2.74. The van der Waals surface area contributed by atoms with E-state index in [1.807, 2.05) is 35.0 Å². The second kappa shape index (κ2) is 6.79. The summed E-state index contributed by atoms with van der Waals surface area (Å²) in [5.41, 5.74) is 8.21. The number of nitrogens with two attached hydrogens (primary N) is 1. The highest BCUT2D eigenvalue weighted by molar-refractivity contribution is 5.85. The van der Waals surface area contributed by atoms with Crippen molar-refractivity contribution in [2.75, 3.05) is 6.67 Å². The van der Waals surface area contributed by atoms with Gasteiger partial charge in [-0.2, -0.15) is 0 Å². The smallest absolute Gasteiger partial charge is 0.320 e. The molecule has 3 rings (SSSR count). The van der Waals surface area contributed by atoms with Crippen molar-refractivity contribution >= 4 is 16.9 Å². The maximum absolute atomic E-state index is 12.4. The second-order valence-electron chi connectivity index (χ2n) is 5.61. The number of alkyl halides is 1. The first-order valence-corrected chi connectivity index (χ1v) is 7.58. The molecule has 0 bridgehead atoms. The molecule has 3 N–H and O–H groups in total. The van der Waals surface area contributed by atoms with Crippen molar-refractivity contribution in [2.45, 2.75) is 25.6 Å². The molecular formula is C16H18FN5O2. The minimum absolute atomic E-state index is 0.179. The summed E-state index contributed by atoms with van der Waals surface area (Å²) >= 11 is 0. The van der Waals surface area contributed by atoms with Crippen molar-refractivity contribution < 1.29 is 14.3 Å². The highest BCUT2D eigenvalue weighted by Gasteiger charge is 2.16. The number of hydrogen-bond donors (Lipinski definition) is 2. The number of rotatable bonds is 7. The average Bonchev–Trinajstić information content (AvgIpc) is 3.14. The number of para-hydroxylation sites is 1. The van der Waals surface area contributed by atoms with Gasteiger partial charge in [-0.1, -0.05) is 23.4 Å². The molecule has 0 aliphatic carbocycles. The Bertz CT molecular complexity index is 857. The van der Waals surface area contributed by atoms with Gasteiger partial charge in [-0.15, -0.1) is 5.10 Å². The van der Waals surface area contributed by atoms with E-state index in [-0.39, 0.29) is 13.0 Å². The standard InChI is InChI=1S/C16H18FN5O2/c17-5-6-22-10-12(19-20-22)9-21-8-11(7-14(18)16(23)24)13-3-1-2-4-15(13)21/h1-4,8,10,14H,5-7,9,18H2,(H,23,24)/t14-/m0/s1. The number of halogens is 1. The van der Waals surface area contributed by atoms with Gasteiger partial charge in [0.15, 0.2) is 0 Å². The highest BCUT2D eigenvalue weighted by Crippen LogP contribution is 2.23. The number of carboxylic acids is 1. The Kier molecular flexibility index (Phi) is 4.57.